The highest BCUT2D eigenvalue weighted by Crippen LogP contribution is 2.25. The summed E-state index contributed by atoms with van der Waals surface area (Å²) in [6.07, 6.45) is 0. The van der Waals surface area contributed by atoms with Crippen molar-refractivity contribution in [3.8, 4) is 0 Å². The summed E-state index contributed by atoms with van der Waals surface area (Å²) < 4.78 is 13.8. The topological polar surface area (TPSA) is 58.2 Å². The zero-order valence-electron chi connectivity index (χ0n) is 15.2. The zero-order chi connectivity index (χ0) is 20.1. The molecule has 144 valence electrons. The second kappa shape index (κ2) is 9.20. The quantitative estimate of drug-likeness (QED) is 0.720. The fourth-order valence-electron chi connectivity index (χ4n) is 2.57. The molecule has 0 radical (unpaired) electrons. The predicted octanol–water partition coefficient (Wildman–Crippen LogP) is 4.76. The number of rotatable bonds is 6. The standard InChI is InChI=1S/C20H21Cl2FN2O2/c1-11(2)18(25-19(26)14-6-4-5-7-17(14)23)20(27)24-12(3)13-8-9-15(21)16(22)10-13/h4-12,18H,1-3H3,(H,24,27)(H,25,26)/t12-,18+/m0/s1. The third kappa shape index (κ3) is 5.44. The molecule has 0 aliphatic heterocycles. The molecule has 0 saturated heterocycles. The normalized spacial score (nSPS) is 13.1. The fraction of sp³-hybridized carbons (Fsp3) is 0.300. The van der Waals surface area contributed by atoms with Gasteiger partial charge in [-0.3, -0.25) is 9.59 Å². The van der Waals surface area contributed by atoms with Crippen LogP contribution in [0.25, 0.3) is 0 Å². The summed E-state index contributed by atoms with van der Waals surface area (Å²) in [6, 6.07) is 9.57. The molecular formula is C20H21Cl2FN2O2. The minimum Gasteiger partial charge on any atom is -0.348 e. The lowest BCUT2D eigenvalue weighted by molar-refractivity contribution is -0.124. The summed E-state index contributed by atoms with van der Waals surface area (Å²) in [5.74, 6) is -1.83. The van der Waals surface area contributed by atoms with E-state index in [1.54, 1.807) is 45.0 Å². The van der Waals surface area contributed by atoms with Gasteiger partial charge in [0.15, 0.2) is 0 Å². The van der Waals surface area contributed by atoms with Crippen molar-refractivity contribution < 1.29 is 14.0 Å². The van der Waals surface area contributed by atoms with E-state index in [-0.39, 0.29) is 23.4 Å². The number of carbonyl (C=O) groups excluding carboxylic acids is 2. The van der Waals surface area contributed by atoms with Crippen LogP contribution in [0.5, 0.6) is 0 Å². The molecule has 0 bridgehead atoms. The van der Waals surface area contributed by atoms with Crippen molar-refractivity contribution in [1.29, 1.82) is 0 Å². The van der Waals surface area contributed by atoms with E-state index in [1.807, 2.05) is 0 Å². The molecule has 2 rings (SSSR count). The largest absolute Gasteiger partial charge is 0.348 e. The lowest BCUT2D eigenvalue weighted by atomic mass is 10.0. The Balaban J connectivity index is 2.11. The molecular weight excluding hydrogens is 390 g/mol. The maximum Gasteiger partial charge on any atom is 0.254 e. The molecule has 2 N–H and O–H groups in total. The van der Waals surface area contributed by atoms with Gasteiger partial charge in [0, 0.05) is 0 Å². The van der Waals surface area contributed by atoms with E-state index >= 15 is 0 Å². The Morgan fingerprint density at radius 3 is 2.22 bits per heavy atom. The van der Waals surface area contributed by atoms with Crippen LogP contribution >= 0.6 is 23.2 Å². The molecule has 0 heterocycles. The molecule has 27 heavy (non-hydrogen) atoms. The number of hydrogen-bond acceptors (Lipinski definition) is 2. The Morgan fingerprint density at radius 1 is 0.963 bits per heavy atom. The lowest BCUT2D eigenvalue weighted by Crippen LogP contribution is -2.50. The molecule has 0 spiro atoms. The van der Waals surface area contributed by atoms with Crippen LogP contribution in [0, 0.1) is 11.7 Å². The van der Waals surface area contributed by atoms with E-state index < -0.39 is 17.8 Å². The molecule has 0 aliphatic carbocycles. The molecule has 7 heteroatoms. The first kappa shape index (κ1) is 21.2. The van der Waals surface area contributed by atoms with Crippen LogP contribution < -0.4 is 10.6 Å². The van der Waals surface area contributed by atoms with E-state index in [0.29, 0.717) is 10.0 Å². The first-order valence-corrected chi connectivity index (χ1v) is 9.27. The number of nitrogens with one attached hydrogen (secondary N) is 2. The SMILES string of the molecule is CC(C)[C@@H](NC(=O)c1ccccc1F)C(=O)N[C@@H](C)c1ccc(Cl)c(Cl)c1. The highest BCUT2D eigenvalue weighted by atomic mass is 35.5. The molecule has 0 aromatic heterocycles. The van der Waals surface area contributed by atoms with Crippen molar-refractivity contribution in [2.24, 2.45) is 5.92 Å². The van der Waals surface area contributed by atoms with Gasteiger partial charge in [0.25, 0.3) is 5.91 Å². The van der Waals surface area contributed by atoms with Crippen LogP contribution in [-0.4, -0.2) is 17.9 Å². The minimum atomic E-state index is -0.817. The smallest absolute Gasteiger partial charge is 0.254 e. The Labute approximate surface area is 168 Å². The number of hydrogen-bond donors (Lipinski definition) is 2. The van der Waals surface area contributed by atoms with Gasteiger partial charge in [-0.1, -0.05) is 55.2 Å². The number of carbonyl (C=O) groups is 2. The number of amides is 2. The highest BCUT2D eigenvalue weighted by molar-refractivity contribution is 6.42. The summed E-state index contributed by atoms with van der Waals surface area (Å²) in [5, 5.41) is 6.28. The predicted molar refractivity (Wildman–Crippen MR) is 106 cm³/mol. The van der Waals surface area contributed by atoms with E-state index in [0.717, 1.165) is 5.56 Å². The van der Waals surface area contributed by atoms with Gasteiger partial charge >= 0.3 is 0 Å². The van der Waals surface area contributed by atoms with Gasteiger partial charge < -0.3 is 10.6 Å². The molecule has 0 fully saturated rings. The van der Waals surface area contributed by atoms with E-state index in [2.05, 4.69) is 10.6 Å². The van der Waals surface area contributed by atoms with Crippen molar-refractivity contribution >= 4 is 35.0 Å². The summed E-state index contributed by atoms with van der Waals surface area (Å²) in [4.78, 5) is 25.1. The maximum absolute atomic E-state index is 13.8. The van der Waals surface area contributed by atoms with Gasteiger partial charge in [0.2, 0.25) is 5.91 Å². The van der Waals surface area contributed by atoms with Crippen LogP contribution in [0.15, 0.2) is 42.5 Å². The molecule has 0 saturated carbocycles. The Kier molecular flexibility index (Phi) is 7.22. The van der Waals surface area contributed by atoms with Gasteiger partial charge in [-0.25, -0.2) is 4.39 Å². The van der Waals surface area contributed by atoms with Crippen LogP contribution in [0.3, 0.4) is 0 Å². The Morgan fingerprint density at radius 2 is 1.63 bits per heavy atom. The second-order valence-electron chi connectivity index (χ2n) is 6.58. The Bertz CT molecular complexity index is 842. The van der Waals surface area contributed by atoms with Gasteiger partial charge in [0.05, 0.1) is 21.7 Å². The lowest BCUT2D eigenvalue weighted by Gasteiger charge is -2.24. The summed E-state index contributed by atoms with van der Waals surface area (Å²) in [5.41, 5.74) is 0.675. The van der Waals surface area contributed by atoms with Crippen molar-refractivity contribution in [1.82, 2.24) is 10.6 Å². The first-order valence-electron chi connectivity index (χ1n) is 8.51. The highest BCUT2D eigenvalue weighted by Gasteiger charge is 2.27. The number of benzene rings is 2. The van der Waals surface area contributed by atoms with E-state index in [4.69, 9.17) is 23.2 Å². The van der Waals surface area contributed by atoms with Gasteiger partial charge in [0.1, 0.15) is 11.9 Å². The van der Waals surface area contributed by atoms with Crippen molar-refractivity contribution in [2.75, 3.05) is 0 Å². The zero-order valence-corrected chi connectivity index (χ0v) is 16.7. The van der Waals surface area contributed by atoms with Crippen LogP contribution in [0.4, 0.5) is 4.39 Å². The van der Waals surface area contributed by atoms with Crippen LogP contribution in [0.1, 0.15) is 42.7 Å². The minimum absolute atomic E-state index is 0.103. The average Bonchev–Trinajstić information content (AvgIpc) is 2.61. The van der Waals surface area contributed by atoms with Crippen LogP contribution in [0.2, 0.25) is 10.0 Å². The molecule has 2 aromatic rings. The Hall–Kier alpha value is -2.11. The van der Waals surface area contributed by atoms with Crippen molar-refractivity contribution in [3.05, 3.63) is 69.5 Å². The van der Waals surface area contributed by atoms with Crippen LogP contribution in [-0.2, 0) is 4.79 Å². The van der Waals surface area contributed by atoms with Gasteiger partial charge in [-0.05, 0) is 42.7 Å². The summed E-state index contributed by atoms with van der Waals surface area (Å²) in [6.45, 7) is 5.40. The second-order valence-corrected chi connectivity index (χ2v) is 7.39. The van der Waals surface area contributed by atoms with Crippen molar-refractivity contribution in [2.45, 2.75) is 32.9 Å². The van der Waals surface area contributed by atoms with Gasteiger partial charge in [-0.15, -0.1) is 0 Å². The molecule has 0 unspecified atom stereocenters. The monoisotopic (exact) mass is 410 g/mol. The third-order valence-electron chi connectivity index (χ3n) is 4.16. The van der Waals surface area contributed by atoms with E-state index in [9.17, 15) is 14.0 Å². The summed E-state index contributed by atoms with van der Waals surface area (Å²) >= 11 is 11.9. The molecule has 2 amide bonds. The fourth-order valence-corrected chi connectivity index (χ4v) is 2.87. The molecule has 4 nitrogen and oxygen atoms in total. The molecule has 0 aliphatic rings. The maximum atomic E-state index is 13.8. The third-order valence-corrected chi connectivity index (χ3v) is 4.90. The molecule has 2 aromatic carbocycles. The van der Waals surface area contributed by atoms with E-state index in [1.165, 1.54) is 18.2 Å². The number of halogens is 3. The van der Waals surface area contributed by atoms with Crippen molar-refractivity contribution in [3.63, 3.8) is 0 Å². The van der Waals surface area contributed by atoms with Gasteiger partial charge in [-0.2, -0.15) is 0 Å². The summed E-state index contributed by atoms with van der Waals surface area (Å²) in [7, 11) is 0. The first-order chi connectivity index (χ1) is 12.7. The average molecular weight is 411 g/mol. The molecule has 2 atom stereocenters.